The van der Waals surface area contributed by atoms with Crippen LogP contribution in [0, 0.1) is 27.7 Å². The number of phenols is 2. The van der Waals surface area contributed by atoms with Gasteiger partial charge in [0.2, 0.25) is 0 Å². The van der Waals surface area contributed by atoms with E-state index in [0.717, 1.165) is 47.9 Å². The highest BCUT2D eigenvalue weighted by Gasteiger charge is 2.32. The van der Waals surface area contributed by atoms with Gasteiger partial charge < -0.3 is 14.3 Å². The number of aromatic hydroxyl groups is 2. The molecule has 0 aliphatic carbocycles. The summed E-state index contributed by atoms with van der Waals surface area (Å²) in [5, 5.41) is 20.0. The monoisotopic (exact) mass is 458 g/mol. The Morgan fingerprint density at radius 2 is 0.903 bits per heavy atom. The first kappa shape index (κ1) is 25.7. The van der Waals surface area contributed by atoms with Crippen molar-refractivity contribution >= 4 is 16.6 Å². The molecule has 0 amide bonds. The van der Waals surface area contributed by atoms with Gasteiger partial charge in [-0.15, -0.1) is 0 Å². The highest BCUT2D eigenvalue weighted by molar-refractivity contribution is 6.84. The summed E-state index contributed by atoms with van der Waals surface area (Å²) in [6.45, 7) is 17.4. The number of benzene rings is 2. The molecule has 0 saturated heterocycles. The van der Waals surface area contributed by atoms with Crippen molar-refractivity contribution in [1.82, 2.24) is 0 Å². The van der Waals surface area contributed by atoms with Crippen molar-refractivity contribution in [3.63, 3.8) is 0 Å². The third-order valence-electron chi connectivity index (χ3n) is 6.14. The second kappa shape index (κ2) is 10.4. The smallest absolute Gasteiger partial charge is 0.173 e. The minimum Gasteiger partial charge on any atom is -0.507 e. The zero-order chi connectivity index (χ0) is 23.4. The Labute approximate surface area is 191 Å². The fourth-order valence-corrected chi connectivity index (χ4v) is 13.5. The van der Waals surface area contributed by atoms with Crippen molar-refractivity contribution < 1.29 is 14.3 Å². The average Bonchev–Trinajstić information content (AvgIpc) is 2.62. The number of hydrogen-bond donors (Lipinski definition) is 2. The van der Waals surface area contributed by atoms with Crippen molar-refractivity contribution in [3.05, 3.63) is 57.6 Å². The Hall–Kier alpha value is -1.57. The maximum Gasteiger partial charge on any atom is 0.173 e. The van der Waals surface area contributed by atoms with Gasteiger partial charge in [-0.25, -0.2) is 0 Å². The second-order valence-corrected chi connectivity index (χ2v) is 19.3. The Morgan fingerprint density at radius 3 is 1.19 bits per heavy atom. The molecule has 31 heavy (non-hydrogen) atoms. The molecule has 2 aromatic rings. The Balaban J connectivity index is 1.83. The van der Waals surface area contributed by atoms with Crippen molar-refractivity contribution in [1.29, 1.82) is 0 Å². The van der Waals surface area contributed by atoms with Gasteiger partial charge in [-0.1, -0.05) is 24.3 Å². The standard InChI is InChI=1S/C26H42O3Si2/c1-19-15-23(16-20(2)25(19)27)11-9-13-30(5,6)29-31(7,8)14-10-12-24-17-21(3)26(28)22(4)18-24/h15-18,27-28H,9-14H2,1-8H3. The molecule has 172 valence electrons. The molecule has 0 radical (unpaired) electrons. The van der Waals surface area contributed by atoms with Crippen LogP contribution in [0.15, 0.2) is 24.3 Å². The summed E-state index contributed by atoms with van der Waals surface area (Å²) in [5.74, 6) is 0.847. The molecule has 5 heteroatoms. The minimum atomic E-state index is -1.71. The van der Waals surface area contributed by atoms with Gasteiger partial charge in [-0.3, -0.25) is 0 Å². The summed E-state index contributed by atoms with van der Waals surface area (Å²) in [6.07, 6.45) is 4.37. The van der Waals surface area contributed by atoms with E-state index in [0.29, 0.717) is 11.5 Å². The zero-order valence-corrected chi connectivity index (χ0v) is 22.9. The van der Waals surface area contributed by atoms with Gasteiger partial charge in [0, 0.05) is 0 Å². The lowest BCUT2D eigenvalue weighted by Gasteiger charge is -2.34. The van der Waals surface area contributed by atoms with Crippen LogP contribution in [0.1, 0.15) is 46.2 Å². The second-order valence-electron chi connectivity index (χ2n) is 10.5. The molecule has 2 rings (SSSR count). The van der Waals surface area contributed by atoms with Crippen LogP contribution in [-0.2, 0) is 17.0 Å². The van der Waals surface area contributed by atoms with E-state index in [2.05, 4.69) is 50.5 Å². The highest BCUT2D eigenvalue weighted by Crippen LogP contribution is 2.28. The van der Waals surface area contributed by atoms with E-state index >= 15 is 0 Å². The van der Waals surface area contributed by atoms with Crippen LogP contribution in [0.25, 0.3) is 0 Å². The van der Waals surface area contributed by atoms with Crippen LogP contribution in [0.3, 0.4) is 0 Å². The maximum absolute atomic E-state index is 9.98. The predicted octanol–water partition coefficient (Wildman–Crippen LogP) is 7.32. The zero-order valence-electron chi connectivity index (χ0n) is 20.9. The molecule has 0 saturated carbocycles. The molecule has 0 aliphatic rings. The molecule has 0 unspecified atom stereocenters. The Bertz CT molecular complexity index is 784. The van der Waals surface area contributed by atoms with Gasteiger partial charge in [0.05, 0.1) is 0 Å². The van der Waals surface area contributed by atoms with E-state index < -0.39 is 16.6 Å². The summed E-state index contributed by atoms with van der Waals surface area (Å²) in [7, 11) is -3.41. The summed E-state index contributed by atoms with van der Waals surface area (Å²) >= 11 is 0. The lowest BCUT2D eigenvalue weighted by atomic mass is 10.0. The molecule has 0 atom stereocenters. The maximum atomic E-state index is 9.98. The largest absolute Gasteiger partial charge is 0.507 e. The Morgan fingerprint density at radius 1 is 0.613 bits per heavy atom. The summed E-state index contributed by atoms with van der Waals surface area (Å²) in [4.78, 5) is 0. The first-order valence-corrected chi connectivity index (χ1v) is 17.8. The normalized spacial score (nSPS) is 12.4. The average molecular weight is 459 g/mol. The number of hydrogen-bond acceptors (Lipinski definition) is 3. The number of rotatable bonds is 10. The first-order chi connectivity index (χ1) is 14.3. The molecule has 0 fully saturated rings. The van der Waals surface area contributed by atoms with Crippen molar-refractivity contribution in [3.8, 4) is 11.5 Å². The topological polar surface area (TPSA) is 49.7 Å². The fraction of sp³-hybridized carbons (Fsp3) is 0.538. The lowest BCUT2D eigenvalue weighted by molar-refractivity contribution is 0.466. The molecule has 2 aromatic carbocycles. The van der Waals surface area contributed by atoms with Gasteiger partial charge >= 0.3 is 0 Å². The molecule has 0 aliphatic heterocycles. The van der Waals surface area contributed by atoms with E-state index in [-0.39, 0.29) is 0 Å². The Kier molecular flexibility index (Phi) is 8.59. The third-order valence-corrected chi connectivity index (χ3v) is 13.7. The molecular weight excluding hydrogens is 416 g/mol. The summed E-state index contributed by atoms with van der Waals surface area (Å²) in [5.41, 5.74) is 6.50. The number of phenolic OH excluding ortho intramolecular Hbond substituents is 2. The van der Waals surface area contributed by atoms with Crippen LogP contribution in [-0.4, -0.2) is 26.8 Å². The van der Waals surface area contributed by atoms with E-state index in [4.69, 9.17) is 4.12 Å². The minimum absolute atomic E-state index is 0.423. The van der Waals surface area contributed by atoms with Crippen LogP contribution < -0.4 is 0 Å². The third kappa shape index (κ3) is 7.81. The fourth-order valence-electron chi connectivity index (χ4n) is 4.67. The molecule has 0 spiro atoms. The molecule has 3 nitrogen and oxygen atoms in total. The van der Waals surface area contributed by atoms with Crippen molar-refractivity contribution in [2.75, 3.05) is 0 Å². The molecule has 0 aromatic heterocycles. The van der Waals surface area contributed by atoms with E-state index in [9.17, 15) is 10.2 Å². The van der Waals surface area contributed by atoms with Gasteiger partial charge in [0.1, 0.15) is 11.5 Å². The quantitative estimate of drug-likeness (QED) is 0.367. The van der Waals surface area contributed by atoms with Gasteiger partial charge in [-0.2, -0.15) is 0 Å². The van der Waals surface area contributed by atoms with Crippen LogP contribution >= 0.6 is 0 Å². The SMILES string of the molecule is Cc1cc(CCC[Si](C)(C)O[Si](C)(C)CCCc2cc(C)c(O)c(C)c2)cc(C)c1O. The number of aryl methyl sites for hydroxylation is 6. The van der Waals surface area contributed by atoms with Gasteiger partial charge in [0.15, 0.2) is 16.6 Å². The van der Waals surface area contributed by atoms with Crippen LogP contribution in [0.5, 0.6) is 11.5 Å². The van der Waals surface area contributed by atoms with Gasteiger partial charge in [-0.05, 0) is 125 Å². The van der Waals surface area contributed by atoms with Crippen molar-refractivity contribution in [2.45, 2.75) is 91.7 Å². The van der Waals surface area contributed by atoms with Crippen molar-refractivity contribution in [2.24, 2.45) is 0 Å². The predicted molar refractivity (Wildman–Crippen MR) is 137 cm³/mol. The van der Waals surface area contributed by atoms with E-state index in [1.54, 1.807) is 0 Å². The van der Waals surface area contributed by atoms with Gasteiger partial charge in [0.25, 0.3) is 0 Å². The highest BCUT2D eigenvalue weighted by atomic mass is 28.4. The molecule has 0 bridgehead atoms. The van der Waals surface area contributed by atoms with E-state index in [1.807, 2.05) is 27.7 Å². The molecular formula is C26H42O3Si2. The van der Waals surface area contributed by atoms with E-state index in [1.165, 1.54) is 23.2 Å². The van der Waals surface area contributed by atoms with Crippen LogP contribution in [0.4, 0.5) is 0 Å². The molecule has 0 heterocycles. The van der Waals surface area contributed by atoms with Crippen LogP contribution in [0.2, 0.25) is 38.3 Å². The molecule has 2 N–H and O–H groups in total. The summed E-state index contributed by atoms with van der Waals surface area (Å²) < 4.78 is 6.83. The first-order valence-electron chi connectivity index (χ1n) is 11.6. The summed E-state index contributed by atoms with van der Waals surface area (Å²) in [6, 6.07) is 10.8. The lowest BCUT2D eigenvalue weighted by Crippen LogP contribution is -2.44.